The van der Waals surface area contributed by atoms with Crippen molar-refractivity contribution in [2.45, 2.75) is 20.3 Å². The van der Waals surface area contributed by atoms with Crippen LogP contribution in [0.15, 0.2) is 69.9 Å². The Balaban J connectivity index is 1.81. The highest BCUT2D eigenvalue weighted by Crippen LogP contribution is 2.21. The number of hydrogen-bond donors (Lipinski definition) is 0. The van der Waals surface area contributed by atoms with E-state index < -0.39 is 11.4 Å². The van der Waals surface area contributed by atoms with E-state index in [1.165, 1.54) is 6.08 Å². The highest BCUT2D eigenvalue weighted by Gasteiger charge is 2.11. The molecule has 2 aromatic carbocycles. The second-order valence-corrected chi connectivity index (χ2v) is 6.75. The quantitative estimate of drug-likeness (QED) is 0.333. The first-order chi connectivity index (χ1) is 13.0. The van der Waals surface area contributed by atoms with Gasteiger partial charge in [0.1, 0.15) is 16.9 Å². The fraction of sp³-hybridized carbons (Fsp3) is 0.217. The van der Waals surface area contributed by atoms with Crippen molar-refractivity contribution in [3.8, 4) is 5.75 Å². The zero-order valence-corrected chi connectivity index (χ0v) is 15.5. The maximum atomic E-state index is 12.5. The number of hydrogen-bond acceptors (Lipinski definition) is 4. The average Bonchev–Trinajstić information content (AvgIpc) is 2.66. The Bertz CT molecular complexity index is 1030. The topological polar surface area (TPSA) is 56.5 Å². The Morgan fingerprint density at radius 2 is 1.85 bits per heavy atom. The average molecular weight is 362 g/mol. The van der Waals surface area contributed by atoms with E-state index >= 15 is 0 Å². The third kappa shape index (κ3) is 4.73. The third-order valence-corrected chi connectivity index (χ3v) is 4.19. The number of allylic oxidation sites excluding steroid dienone is 1. The number of para-hydroxylation sites is 2. The van der Waals surface area contributed by atoms with Crippen LogP contribution >= 0.6 is 0 Å². The predicted octanol–water partition coefficient (Wildman–Crippen LogP) is 5.11. The van der Waals surface area contributed by atoms with Gasteiger partial charge in [0.15, 0.2) is 5.78 Å². The van der Waals surface area contributed by atoms with Gasteiger partial charge in [0.2, 0.25) is 0 Å². The van der Waals surface area contributed by atoms with Crippen LogP contribution in [-0.4, -0.2) is 12.4 Å². The first-order valence-corrected chi connectivity index (χ1v) is 9.01. The summed E-state index contributed by atoms with van der Waals surface area (Å²) in [7, 11) is 0. The van der Waals surface area contributed by atoms with Gasteiger partial charge in [-0.2, -0.15) is 0 Å². The van der Waals surface area contributed by atoms with Gasteiger partial charge in [-0.05, 0) is 42.7 Å². The second-order valence-electron chi connectivity index (χ2n) is 6.75. The molecule has 0 saturated carbocycles. The second kappa shape index (κ2) is 8.49. The van der Waals surface area contributed by atoms with Crippen LogP contribution in [0.1, 0.15) is 36.2 Å². The summed E-state index contributed by atoms with van der Waals surface area (Å²) in [6, 6.07) is 16.2. The minimum atomic E-state index is -0.634. The number of rotatable bonds is 7. The molecule has 0 radical (unpaired) electrons. The maximum absolute atomic E-state index is 12.5. The Morgan fingerprint density at radius 1 is 1.11 bits per heavy atom. The summed E-state index contributed by atoms with van der Waals surface area (Å²) in [4.78, 5) is 24.6. The summed E-state index contributed by atoms with van der Waals surface area (Å²) in [6.45, 7) is 4.90. The number of ketones is 1. The Morgan fingerprint density at radius 3 is 2.67 bits per heavy atom. The van der Waals surface area contributed by atoms with Crippen LogP contribution in [-0.2, 0) is 0 Å². The zero-order valence-electron chi connectivity index (χ0n) is 15.5. The molecule has 0 spiro atoms. The summed E-state index contributed by atoms with van der Waals surface area (Å²) in [6.07, 6.45) is 4.00. The molecule has 4 nitrogen and oxygen atoms in total. The minimum absolute atomic E-state index is 0.0168. The van der Waals surface area contributed by atoms with Gasteiger partial charge in [-0.1, -0.05) is 50.2 Å². The maximum Gasteiger partial charge on any atom is 0.347 e. The molecule has 1 aromatic heterocycles. The minimum Gasteiger partial charge on any atom is -0.493 e. The standard InChI is InChI=1S/C23H22O4/c1-16(2)13-14-26-21-9-5-3-7-17(21)11-12-20(24)19-15-18-8-4-6-10-22(18)27-23(19)25/h3-12,15-16H,13-14H2,1-2H3/b12-11+. The fourth-order valence-corrected chi connectivity index (χ4v) is 2.64. The summed E-state index contributed by atoms with van der Waals surface area (Å²) < 4.78 is 11.1. The van der Waals surface area contributed by atoms with Crippen LogP contribution in [0.25, 0.3) is 17.0 Å². The molecule has 0 aliphatic heterocycles. The van der Waals surface area contributed by atoms with Crippen LogP contribution in [0.4, 0.5) is 0 Å². The van der Waals surface area contributed by atoms with E-state index in [1.807, 2.05) is 30.3 Å². The molecule has 0 amide bonds. The van der Waals surface area contributed by atoms with Crippen molar-refractivity contribution in [3.63, 3.8) is 0 Å². The molecule has 0 saturated heterocycles. The Hall–Kier alpha value is -3.14. The Kier molecular flexibility index (Phi) is 5.87. The normalized spacial score (nSPS) is 11.4. The van der Waals surface area contributed by atoms with Gasteiger partial charge in [0.05, 0.1) is 6.61 Å². The molecule has 0 bridgehead atoms. The van der Waals surface area contributed by atoms with Gasteiger partial charge in [-0.3, -0.25) is 4.79 Å². The van der Waals surface area contributed by atoms with Gasteiger partial charge in [-0.15, -0.1) is 0 Å². The molecule has 0 unspecified atom stereocenters. The molecule has 3 rings (SSSR count). The van der Waals surface area contributed by atoms with Crippen LogP contribution in [0.5, 0.6) is 5.75 Å². The van der Waals surface area contributed by atoms with Crippen molar-refractivity contribution in [3.05, 3.63) is 82.2 Å². The lowest BCUT2D eigenvalue weighted by Gasteiger charge is -2.10. The summed E-state index contributed by atoms with van der Waals surface area (Å²) in [5, 5.41) is 0.714. The summed E-state index contributed by atoms with van der Waals surface area (Å²) >= 11 is 0. The molecule has 1 heterocycles. The highest BCUT2D eigenvalue weighted by molar-refractivity contribution is 6.07. The molecule has 4 heteroatoms. The fourth-order valence-electron chi connectivity index (χ4n) is 2.64. The summed E-state index contributed by atoms with van der Waals surface area (Å²) in [5.41, 5.74) is 0.639. The molecule has 0 atom stereocenters. The molecule has 27 heavy (non-hydrogen) atoms. The van der Waals surface area contributed by atoms with E-state index in [4.69, 9.17) is 9.15 Å². The van der Waals surface area contributed by atoms with Crippen molar-refractivity contribution >= 4 is 22.8 Å². The summed E-state index contributed by atoms with van der Waals surface area (Å²) in [5.74, 6) is 0.876. The largest absolute Gasteiger partial charge is 0.493 e. The molecule has 0 N–H and O–H groups in total. The van der Waals surface area contributed by atoms with E-state index in [0.717, 1.165) is 12.0 Å². The van der Waals surface area contributed by atoms with Gasteiger partial charge in [0.25, 0.3) is 0 Å². The van der Waals surface area contributed by atoms with Gasteiger partial charge < -0.3 is 9.15 Å². The van der Waals surface area contributed by atoms with Crippen LogP contribution in [0.2, 0.25) is 0 Å². The number of fused-ring (bicyclic) bond motifs is 1. The number of carbonyl (C=O) groups excluding carboxylic acids is 1. The molecule has 3 aromatic rings. The lowest BCUT2D eigenvalue weighted by molar-refractivity contribution is 0.104. The number of ether oxygens (including phenoxy) is 1. The van der Waals surface area contributed by atoms with Crippen LogP contribution in [0, 0.1) is 5.92 Å². The van der Waals surface area contributed by atoms with E-state index in [2.05, 4.69) is 13.8 Å². The first kappa shape index (κ1) is 18.6. The lowest BCUT2D eigenvalue weighted by Crippen LogP contribution is -2.11. The van der Waals surface area contributed by atoms with Crippen molar-refractivity contribution in [1.82, 2.24) is 0 Å². The predicted molar refractivity (Wildman–Crippen MR) is 107 cm³/mol. The monoisotopic (exact) mass is 362 g/mol. The van der Waals surface area contributed by atoms with Crippen molar-refractivity contribution < 1.29 is 13.9 Å². The van der Waals surface area contributed by atoms with E-state index in [-0.39, 0.29) is 5.56 Å². The molecule has 138 valence electrons. The molecule has 0 aliphatic carbocycles. The van der Waals surface area contributed by atoms with Crippen molar-refractivity contribution in [1.29, 1.82) is 0 Å². The first-order valence-electron chi connectivity index (χ1n) is 9.01. The van der Waals surface area contributed by atoms with E-state index in [0.29, 0.717) is 29.2 Å². The smallest absolute Gasteiger partial charge is 0.347 e. The highest BCUT2D eigenvalue weighted by atomic mass is 16.5. The van der Waals surface area contributed by atoms with Crippen molar-refractivity contribution in [2.24, 2.45) is 5.92 Å². The number of carbonyl (C=O) groups is 1. The van der Waals surface area contributed by atoms with Crippen LogP contribution < -0.4 is 10.4 Å². The van der Waals surface area contributed by atoms with Gasteiger partial charge >= 0.3 is 5.63 Å². The SMILES string of the molecule is CC(C)CCOc1ccccc1/C=C/C(=O)c1cc2ccccc2oc1=O. The molecule has 0 fully saturated rings. The lowest BCUT2D eigenvalue weighted by atomic mass is 10.1. The zero-order chi connectivity index (χ0) is 19.2. The third-order valence-electron chi connectivity index (χ3n) is 4.19. The van der Waals surface area contributed by atoms with Gasteiger partial charge in [-0.25, -0.2) is 4.79 Å². The molecular weight excluding hydrogens is 340 g/mol. The van der Waals surface area contributed by atoms with E-state index in [1.54, 1.807) is 30.3 Å². The molecular formula is C23H22O4. The Labute approximate surface area is 158 Å². The number of benzene rings is 2. The van der Waals surface area contributed by atoms with Crippen molar-refractivity contribution in [2.75, 3.05) is 6.61 Å². The molecule has 0 aliphatic rings. The van der Waals surface area contributed by atoms with Crippen LogP contribution in [0.3, 0.4) is 0 Å². The van der Waals surface area contributed by atoms with E-state index in [9.17, 15) is 9.59 Å². The van der Waals surface area contributed by atoms with Gasteiger partial charge in [0, 0.05) is 10.9 Å².